The molecule has 0 aromatic heterocycles. The van der Waals surface area contributed by atoms with Gasteiger partial charge in [-0.05, 0) is 49.2 Å². The molecule has 6 heteroatoms. The third-order valence-electron chi connectivity index (χ3n) is 3.27. The topological polar surface area (TPSA) is 84.5 Å². The van der Waals surface area contributed by atoms with Gasteiger partial charge in [-0.25, -0.2) is 4.79 Å². The average molecular weight is 326 g/mol. The fourth-order valence-corrected chi connectivity index (χ4v) is 2.29. The highest BCUT2D eigenvalue weighted by Gasteiger charge is 2.18. The molecule has 0 saturated heterocycles. The van der Waals surface area contributed by atoms with Crippen molar-refractivity contribution in [3.8, 4) is 0 Å². The summed E-state index contributed by atoms with van der Waals surface area (Å²) in [6.45, 7) is 3.80. The highest BCUT2D eigenvalue weighted by atomic mass is 16.5. The minimum Gasteiger partial charge on any atom is -0.465 e. The van der Waals surface area contributed by atoms with Gasteiger partial charge in [0, 0.05) is 5.69 Å². The fraction of sp³-hybridized carbons (Fsp3) is 0.167. The summed E-state index contributed by atoms with van der Waals surface area (Å²) < 4.78 is 4.65. The number of amides is 2. The monoisotopic (exact) mass is 326 g/mol. The molecule has 2 rings (SSSR count). The number of para-hydroxylation sites is 1. The van der Waals surface area contributed by atoms with Crippen LogP contribution in [0.2, 0.25) is 0 Å². The van der Waals surface area contributed by atoms with Crippen LogP contribution in [0.3, 0.4) is 0 Å². The molecule has 0 unspecified atom stereocenters. The van der Waals surface area contributed by atoms with Crippen LogP contribution in [0, 0.1) is 13.8 Å². The van der Waals surface area contributed by atoms with Crippen LogP contribution >= 0.6 is 0 Å². The van der Waals surface area contributed by atoms with Gasteiger partial charge in [-0.15, -0.1) is 0 Å². The van der Waals surface area contributed by atoms with E-state index in [-0.39, 0.29) is 11.3 Å². The maximum absolute atomic E-state index is 12.1. The van der Waals surface area contributed by atoms with Crippen LogP contribution < -0.4 is 10.6 Å². The summed E-state index contributed by atoms with van der Waals surface area (Å²) in [5.74, 6) is -2.29. The molecule has 0 aliphatic rings. The molecule has 0 heterocycles. The van der Waals surface area contributed by atoms with Crippen molar-refractivity contribution in [3.05, 3.63) is 59.2 Å². The van der Waals surface area contributed by atoms with Crippen molar-refractivity contribution in [1.82, 2.24) is 0 Å². The van der Waals surface area contributed by atoms with Crippen LogP contribution in [0.4, 0.5) is 11.4 Å². The third-order valence-corrected chi connectivity index (χ3v) is 3.27. The molecule has 2 amide bonds. The normalized spacial score (nSPS) is 9.96. The van der Waals surface area contributed by atoms with E-state index in [9.17, 15) is 14.4 Å². The predicted octanol–water partition coefficient (Wildman–Crippen LogP) is 2.67. The molecule has 0 saturated carbocycles. The van der Waals surface area contributed by atoms with Gasteiger partial charge in [0.25, 0.3) is 0 Å². The summed E-state index contributed by atoms with van der Waals surface area (Å²) in [4.78, 5) is 35.8. The van der Waals surface area contributed by atoms with E-state index in [0.717, 1.165) is 11.1 Å². The molecule has 0 spiro atoms. The largest absolute Gasteiger partial charge is 0.465 e. The summed E-state index contributed by atoms with van der Waals surface area (Å²) in [5.41, 5.74) is 2.87. The van der Waals surface area contributed by atoms with Crippen LogP contribution in [0.15, 0.2) is 42.5 Å². The van der Waals surface area contributed by atoms with E-state index in [4.69, 9.17) is 0 Å². The highest BCUT2D eigenvalue weighted by Crippen LogP contribution is 2.17. The molecule has 0 aliphatic heterocycles. The summed E-state index contributed by atoms with van der Waals surface area (Å²) >= 11 is 0. The zero-order valence-corrected chi connectivity index (χ0v) is 13.7. The minimum absolute atomic E-state index is 0.174. The zero-order chi connectivity index (χ0) is 17.7. The van der Waals surface area contributed by atoms with Crippen molar-refractivity contribution >= 4 is 29.2 Å². The van der Waals surface area contributed by atoms with Gasteiger partial charge in [0.15, 0.2) is 0 Å². The van der Waals surface area contributed by atoms with E-state index in [1.165, 1.54) is 19.2 Å². The number of aryl methyl sites for hydroxylation is 2. The summed E-state index contributed by atoms with van der Waals surface area (Å²) in [6.07, 6.45) is 0. The second-order valence-electron chi connectivity index (χ2n) is 5.32. The van der Waals surface area contributed by atoms with E-state index >= 15 is 0 Å². The van der Waals surface area contributed by atoms with E-state index in [2.05, 4.69) is 15.4 Å². The molecule has 124 valence electrons. The lowest BCUT2D eigenvalue weighted by Gasteiger charge is -2.10. The Morgan fingerprint density at radius 2 is 1.46 bits per heavy atom. The molecule has 0 atom stereocenters. The summed E-state index contributed by atoms with van der Waals surface area (Å²) in [5, 5.41) is 4.96. The van der Waals surface area contributed by atoms with E-state index in [1.807, 2.05) is 19.9 Å². The maximum Gasteiger partial charge on any atom is 0.339 e. The van der Waals surface area contributed by atoms with Crippen molar-refractivity contribution in [2.45, 2.75) is 13.8 Å². The number of benzene rings is 2. The minimum atomic E-state index is -0.870. The van der Waals surface area contributed by atoms with Gasteiger partial charge in [0.1, 0.15) is 0 Å². The third kappa shape index (κ3) is 4.19. The van der Waals surface area contributed by atoms with E-state index in [0.29, 0.717) is 5.69 Å². The van der Waals surface area contributed by atoms with Crippen molar-refractivity contribution in [2.75, 3.05) is 17.7 Å². The van der Waals surface area contributed by atoms with Gasteiger partial charge in [0.2, 0.25) is 0 Å². The van der Waals surface area contributed by atoms with Crippen LogP contribution in [-0.2, 0) is 14.3 Å². The first-order valence-corrected chi connectivity index (χ1v) is 7.28. The van der Waals surface area contributed by atoms with Crippen molar-refractivity contribution in [3.63, 3.8) is 0 Å². The van der Waals surface area contributed by atoms with Crippen LogP contribution in [-0.4, -0.2) is 24.9 Å². The lowest BCUT2D eigenvalue weighted by Crippen LogP contribution is -2.29. The Labute approximate surface area is 139 Å². The molecule has 0 aliphatic carbocycles. The molecule has 0 radical (unpaired) electrons. The van der Waals surface area contributed by atoms with Crippen molar-refractivity contribution < 1.29 is 19.1 Å². The number of anilines is 2. The van der Waals surface area contributed by atoms with Gasteiger partial charge < -0.3 is 15.4 Å². The second-order valence-corrected chi connectivity index (χ2v) is 5.32. The Kier molecular flexibility index (Phi) is 5.31. The predicted molar refractivity (Wildman–Crippen MR) is 91.0 cm³/mol. The van der Waals surface area contributed by atoms with Crippen LogP contribution in [0.1, 0.15) is 21.5 Å². The molecule has 2 aromatic carbocycles. The first kappa shape index (κ1) is 17.2. The number of esters is 1. The Bertz CT molecular complexity index is 779. The standard InChI is InChI=1S/C18H18N2O4/c1-11-8-12(2)10-13(9-11)19-16(21)17(22)20-15-7-5-4-6-14(15)18(23)24-3/h4-10H,1-3H3,(H,19,21)(H,20,22). The number of hydrogen-bond donors (Lipinski definition) is 2. The number of hydrogen-bond acceptors (Lipinski definition) is 4. The lowest BCUT2D eigenvalue weighted by molar-refractivity contribution is -0.133. The number of carbonyl (C=O) groups is 3. The molecule has 6 nitrogen and oxygen atoms in total. The molecule has 2 aromatic rings. The van der Waals surface area contributed by atoms with Gasteiger partial charge >= 0.3 is 17.8 Å². The summed E-state index contributed by atoms with van der Waals surface area (Å²) in [7, 11) is 1.24. The highest BCUT2D eigenvalue weighted by molar-refractivity contribution is 6.44. The molecule has 2 N–H and O–H groups in total. The average Bonchev–Trinajstić information content (AvgIpc) is 2.53. The van der Waals surface area contributed by atoms with Gasteiger partial charge in [0.05, 0.1) is 18.4 Å². The SMILES string of the molecule is COC(=O)c1ccccc1NC(=O)C(=O)Nc1cc(C)cc(C)c1. The zero-order valence-electron chi connectivity index (χ0n) is 13.7. The number of nitrogens with one attached hydrogen (secondary N) is 2. The van der Waals surface area contributed by atoms with Crippen LogP contribution in [0.5, 0.6) is 0 Å². The first-order chi connectivity index (χ1) is 11.4. The van der Waals surface area contributed by atoms with Gasteiger partial charge in [-0.1, -0.05) is 18.2 Å². The Morgan fingerprint density at radius 1 is 0.875 bits per heavy atom. The lowest BCUT2D eigenvalue weighted by atomic mass is 10.1. The van der Waals surface area contributed by atoms with Crippen molar-refractivity contribution in [1.29, 1.82) is 0 Å². The molecule has 24 heavy (non-hydrogen) atoms. The second kappa shape index (κ2) is 7.41. The number of methoxy groups -OCH3 is 1. The van der Waals surface area contributed by atoms with Gasteiger partial charge in [-0.3, -0.25) is 9.59 Å². The first-order valence-electron chi connectivity index (χ1n) is 7.28. The number of ether oxygens (including phenoxy) is 1. The Balaban J connectivity index is 2.12. The molecule has 0 fully saturated rings. The van der Waals surface area contributed by atoms with Crippen molar-refractivity contribution in [2.24, 2.45) is 0 Å². The molecule has 0 bridgehead atoms. The number of rotatable bonds is 3. The number of carbonyl (C=O) groups excluding carboxylic acids is 3. The maximum atomic E-state index is 12.1. The molecular weight excluding hydrogens is 308 g/mol. The van der Waals surface area contributed by atoms with Gasteiger partial charge in [-0.2, -0.15) is 0 Å². The van der Waals surface area contributed by atoms with Crippen LogP contribution in [0.25, 0.3) is 0 Å². The Hall–Kier alpha value is -3.15. The quantitative estimate of drug-likeness (QED) is 0.671. The molecular formula is C18H18N2O4. The van der Waals surface area contributed by atoms with E-state index < -0.39 is 17.8 Å². The smallest absolute Gasteiger partial charge is 0.339 e. The Morgan fingerprint density at radius 3 is 2.08 bits per heavy atom. The fourth-order valence-electron chi connectivity index (χ4n) is 2.29. The summed E-state index contributed by atoms with van der Waals surface area (Å²) in [6, 6.07) is 11.8. The van der Waals surface area contributed by atoms with E-state index in [1.54, 1.807) is 24.3 Å².